The van der Waals surface area contributed by atoms with Gasteiger partial charge in [-0.1, -0.05) is 27.7 Å². The summed E-state index contributed by atoms with van der Waals surface area (Å²) in [6.07, 6.45) is 1.33. The van der Waals surface area contributed by atoms with Gasteiger partial charge in [0.1, 0.15) is 0 Å². The van der Waals surface area contributed by atoms with Gasteiger partial charge in [0.05, 0.1) is 6.54 Å². The van der Waals surface area contributed by atoms with E-state index in [9.17, 15) is 9.59 Å². The fourth-order valence-corrected chi connectivity index (χ4v) is 3.46. The van der Waals surface area contributed by atoms with Crippen LogP contribution in [0, 0.1) is 10.8 Å². The van der Waals surface area contributed by atoms with Crippen LogP contribution >= 0.6 is 0 Å². The van der Waals surface area contributed by atoms with Crippen molar-refractivity contribution in [2.45, 2.75) is 59.1 Å². The van der Waals surface area contributed by atoms with E-state index in [2.05, 4.69) is 38.3 Å². The summed E-state index contributed by atoms with van der Waals surface area (Å²) in [4.78, 5) is 22.2. The molecule has 0 spiro atoms. The zero-order valence-corrected chi connectivity index (χ0v) is 12.7. The number of amides is 2. The molecule has 2 amide bonds. The number of hydrogen-bond acceptors (Lipinski definition) is 3. The second-order valence-corrected chi connectivity index (χ2v) is 7.32. The maximum Gasteiger partial charge on any atom is 0.334 e. The molecule has 0 aromatic heterocycles. The number of carboxylic acid groups (broad SMARTS) is 1. The summed E-state index contributed by atoms with van der Waals surface area (Å²) in [7, 11) is 0. The molecule has 0 aromatic rings. The molecule has 6 heteroatoms. The van der Waals surface area contributed by atoms with Gasteiger partial charge in [0.25, 0.3) is 0 Å². The predicted octanol–water partition coefficient (Wildman–Crippen LogP) is 1.34. The highest BCUT2D eigenvalue weighted by atomic mass is 16.4. The molecule has 4 N–H and O–H groups in total. The molecule has 116 valence electrons. The van der Waals surface area contributed by atoms with E-state index in [4.69, 9.17) is 10.2 Å². The molecule has 1 aliphatic carbocycles. The van der Waals surface area contributed by atoms with Crippen LogP contribution in [0.2, 0.25) is 0 Å². The third kappa shape index (κ3) is 5.36. The minimum atomic E-state index is -1.57. The van der Waals surface area contributed by atoms with Crippen LogP contribution in [0.4, 0.5) is 4.79 Å². The summed E-state index contributed by atoms with van der Waals surface area (Å²) in [5, 5.41) is 22.9. The molecular formula is C14H26N2O4. The molecular weight excluding hydrogens is 260 g/mol. The van der Waals surface area contributed by atoms with Crippen LogP contribution in [0.25, 0.3) is 0 Å². The zero-order chi connectivity index (χ0) is 15.6. The number of hydrogen-bond donors (Lipinski definition) is 4. The summed E-state index contributed by atoms with van der Waals surface area (Å²) < 4.78 is 0. The van der Waals surface area contributed by atoms with Crippen molar-refractivity contribution in [1.29, 1.82) is 0 Å². The van der Waals surface area contributed by atoms with Gasteiger partial charge in [0.15, 0.2) is 6.10 Å². The highest BCUT2D eigenvalue weighted by Crippen LogP contribution is 2.45. The van der Waals surface area contributed by atoms with Gasteiger partial charge in [0.2, 0.25) is 0 Å². The fourth-order valence-electron chi connectivity index (χ4n) is 3.46. The van der Waals surface area contributed by atoms with Gasteiger partial charge in [-0.25, -0.2) is 9.59 Å². The van der Waals surface area contributed by atoms with Crippen LogP contribution in [0.15, 0.2) is 0 Å². The maximum atomic E-state index is 11.7. The van der Waals surface area contributed by atoms with E-state index in [0.717, 1.165) is 19.3 Å². The molecule has 0 radical (unpaired) electrons. The SMILES string of the molecule is CC1(C)CC(NC(=O)NC[C@H](O)C(=O)O)CC(C)(C)C1. The van der Waals surface area contributed by atoms with Crippen LogP contribution in [0.5, 0.6) is 0 Å². The Bertz CT molecular complexity index is 363. The van der Waals surface area contributed by atoms with Crippen LogP contribution in [-0.2, 0) is 4.79 Å². The van der Waals surface area contributed by atoms with Crippen LogP contribution < -0.4 is 10.6 Å². The average Bonchev–Trinajstić information content (AvgIpc) is 2.20. The number of carbonyl (C=O) groups excluding carboxylic acids is 1. The molecule has 6 nitrogen and oxygen atoms in total. The number of aliphatic hydroxyl groups excluding tert-OH is 1. The molecule has 0 bridgehead atoms. The first-order chi connectivity index (χ1) is 9.01. The molecule has 1 rings (SSSR count). The van der Waals surface area contributed by atoms with Gasteiger partial charge < -0.3 is 20.8 Å². The minimum absolute atomic E-state index is 0.0655. The van der Waals surface area contributed by atoms with Crippen molar-refractivity contribution in [1.82, 2.24) is 10.6 Å². The molecule has 1 fully saturated rings. The van der Waals surface area contributed by atoms with Crippen molar-refractivity contribution in [3.63, 3.8) is 0 Å². The third-order valence-corrected chi connectivity index (χ3v) is 3.63. The lowest BCUT2D eigenvalue weighted by atomic mass is 9.63. The third-order valence-electron chi connectivity index (χ3n) is 3.63. The predicted molar refractivity (Wildman–Crippen MR) is 75.4 cm³/mol. The number of carbonyl (C=O) groups is 2. The molecule has 1 aliphatic rings. The Kier molecular flexibility index (Phi) is 5.02. The summed E-state index contributed by atoms with van der Waals surface area (Å²) in [5.74, 6) is -1.34. The van der Waals surface area contributed by atoms with Crippen molar-refractivity contribution in [2.75, 3.05) is 6.54 Å². The molecule has 0 aliphatic heterocycles. The molecule has 0 unspecified atom stereocenters. The summed E-state index contributed by atoms with van der Waals surface area (Å²) >= 11 is 0. The van der Waals surface area contributed by atoms with Gasteiger partial charge >= 0.3 is 12.0 Å². The van der Waals surface area contributed by atoms with Gasteiger partial charge in [-0.3, -0.25) is 0 Å². The average molecular weight is 286 g/mol. The molecule has 1 atom stereocenters. The van der Waals surface area contributed by atoms with E-state index in [1.807, 2.05) is 0 Å². The highest BCUT2D eigenvalue weighted by molar-refractivity contribution is 5.76. The van der Waals surface area contributed by atoms with Gasteiger partial charge in [-0.2, -0.15) is 0 Å². The first-order valence-corrected chi connectivity index (χ1v) is 6.96. The standard InChI is InChI=1S/C14H26N2O4/c1-13(2)5-9(6-14(3,4)8-13)16-12(20)15-7-10(17)11(18)19/h9-10,17H,5-8H2,1-4H3,(H,18,19)(H2,15,16,20)/t10-/m0/s1. The second kappa shape index (κ2) is 5.99. The first kappa shape index (κ1) is 16.8. The maximum absolute atomic E-state index is 11.7. The largest absolute Gasteiger partial charge is 0.479 e. The van der Waals surface area contributed by atoms with Crippen molar-refractivity contribution in [2.24, 2.45) is 10.8 Å². The minimum Gasteiger partial charge on any atom is -0.479 e. The molecule has 0 heterocycles. The lowest BCUT2D eigenvalue weighted by molar-refractivity contribution is -0.146. The molecule has 20 heavy (non-hydrogen) atoms. The van der Waals surface area contributed by atoms with E-state index >= 15 is 0 Å². The Balaban J connectivity index is 2.47. The lowest BCUT2D eigenvalue weighted by Crippen LogP contribution is -2.50. The molecule has 0 saturated heterocycles. The Morgan fingerprint density at radius 1 is 1.20 bits per heavy atom. The van der Waals surface area contributed by atoms with E-state index in [1.54, 1.807) is 0 Å². The number of aliphatic hydroxyl groups is 1. The number of rotatable bonds is 4. The molecule has 1 saturated carbocycles. The lowest BCUT2D eigenvalue weighted by Gasteiger charge is -2.45. The summed E-state index contributed by atoms with van der Waals surface area (Å²) in [6, 6.07) is -0.362. The van der Waals surface area contributed by atoms with E-state index in [-0.39, 0.29) is 23.4 Å². The smallest absolute Gasteiger partial charge is 0.334 e. The van der Waals surface area contributed by atoms with Crippen LogP contribution in [0.3, 0.4) is 0 Å². The van der Waals surface area contributed by atoms with Gasteiger partial charge in [-0.05, 0) is 30.1 Å². The van der Waals surface area contributed by atoms with E-state index in [1.165, 1.54) is 0 Å². The quantitative estimate of drug-likeness (QED) is 0.626. The fraction of sp³-hybridized carbons (Fsp3) is 0.857. The second-order valence-electron chi connectivity index (χ2n) is 7.32. The number of aliphatic carboxylic acids is 1. The van der Waals surface area contributed by atoms with Crippen LogP contribution in [-0.4, -0.2) is 40.9 Å². The van der Waals surface area contributed by atoms with Gasteiger partial charge in [-0.15, -0.1) is 0 Å². The van der Waals surface area contributed by atoms with Gasteiger partial charge in [0, 0.05) is 6.04 Å². The number of carboxylic acids is 1. The van der Waals surface area contributed by atoms with Crippen molar-refractivity contribution >= 4 is 12.0 Å². The Morgan fingerprint density at radius 3 is 2.15 bits per heavy atom. The van der Waals surface area contributed by atoms with E-state index in [0.29, 0.717) is 0 Å². The topological polar surface area (TPSA) is 98.7 Å². The summed E-state index contributed by atoms with van der Waals surface area (Å²) in [5.41, 5.74) is 0.334. The Morgan fingerprint density at radius 2 is 1.70 bits per heavy atom. The van der Waals surface area contributed by atoms with E-state index < -0.39 is 18.1 Å². The Hall–Kier alpha value is -1.30. The zero-order valence-electron chi connectivity index (χ0n) is 12.7. The monoisotopic (exact) mass is 286 g/mol. The van der Waals surface area contributed by atoms with Crippen molar-refractivity contribution < 1.29 is 19.8 Å². The number of nitrogens with one attached hydrogen (secondary N) is 2. The highest BCUT2D eigenvalue weighted by Gasteiger charge is 2.38. The van der Waals surface area contributed by atoms with Crippen molar-refractivity contribution in [3.05, 3.63) is 0 Å². The normalized spacial score (nSPS) is 22.9. The molecule has 0 aromatic carbocycles. The number of urea groups is 1. The first-order valence-electron chi connectivity index (χ1n) is 6.96. The van der Waals surface area contributed by atoms with Crippen molar-refractivity contribution in [3.8, 4) is 0 Å². The summed E-state index contributed by atoms with van der Waals surface area (Å²) in [6.45, 7) is 8.47. The Labute approximate surface area is 119 Å². The van der Waals surface area contributed by atoms with Crippen LogP contribution in [0.1, 0.15) is 47.0 Å².